The van der Waals surface area contributed by atoms with E-state index in [2.05, 4.69) is 0 Å². The SMILES string of the molecule is CC(O)N(Cc1ccccc1)C(=O)COc1cccc([N+](=O)[O-])c1C=O. The molecule has 0 fully saturated rings. The Balaban J connectivity index is 2.12. The number of amides is 1. The molecular formula is C18H18N2O6. The Hall–Kier alpha value is -3.26. The van der Waals surface area contributed by atoms with Gasteiger partial charge in [-0.05, 0) is 18.6 Å². The molecule has 0 heterocycles. The molecular weight excluding hydrogens is 340 g/mol. The number of aliphatic hydroxyl groups excluding tert-OH is 1. The molecule has 26 heavy (non-hydrogen) atoms. The summed E-state index contributed by atoms with van der Waals surface area (Å²) >= 11 is 0. The normalized spacial score (nSPS) is 11.5. The van der Waals surface area contributed by atoms with E-state index in [0.717, 1.165) is 5.56 Å². The van der Waals surface area contributed by atoms with Crippen molar-refractivity contribution in [2.24, 2.45) is 0 Å². The number of nitrogens with zero attached hydrogens (tertiary/aromatic N) is 2. The first-order chi connectivity index (χ1) is 12.4. The lowest BCUT2D eigenvalue weighted by atomic mass is 10.2. The third kappa shape index (κ3) is 4.64. The van der Waals surface area contributed by atoms with Crippen LogP contribution in [0.5, 0.6) is 5.75 Å². The summed E-state index contributed by atoms with van der Waals surface area (Å²) in [6.07, 6.45) is -0.740. The van der Waals surface area contributed by atoms with Crippen molar-refractivity contribution in [2.45, 2.75) is 19.7 Å². The molecule has 1 unspecified atom stereocenters. The number of rotatable bonds is 8. The molecule has 1 atom stereocenters. The van der Waals surface area contributed by atoms with Gasteiger partial charge in [0.1, 0.15) is 17.5 Å². The highest BCUT2D eigenvalue weighted by atomic mass is 16.6. The zero-order chi connectivity index (χ0) is 19.1. The Labute approximate surface area is 149 Å². The fraction of sp³-hybridized carbons (Fsp3) is 0.222. The molecule has 0 aliphatic carbocycles. The zero-order valence-electron chi connectivity index (χ0n) is 14.1. The molecule has 8 heteroatoms. The maximum absolute atomic E-state index is 12.4. The number of carbonyl (C=O) groups excluding carboxylic acids is 2. The summed E-state index contributed by atoms with van der Waals surface area (Å²) in [6, 6.07) is 13.0. The van der Waals surface area contributed by atoms with E-state index in [1.165, 1.54) is 30.0 Å². The van der Waals surface area contributed by atoms with Crippen LogP contribution in [0, 0.1) is 10.1 Å². The van der Waals surface area contributed by atoms with Gasteiger partial charge in [0.05, 0.1) is 4.92 Å². The van der Waals surface area contributed by atoms with Gasteiger partial charge >= 0.3 is 0 Å². The van der Waals surface area contributed by atoms with Crippen molar-refractivity contribution in [2.75, 3.05) is 6.61 Å². The first-order valence-electron chi connectivity index (χ1n) is 7.81. The molecule has 2 aromatic carbocycles. The number of hydrogen-bond donors (Lipinski definition) is 1. The second-order valence-electron chi connectivity index (χ2n) is 5.49. The molecule has 0 saturated carbocycles. The maximum atomic E-state index is 12.4. The van der Waals surface area contributed by atoms with Crippen LogP contribution in [0.25, 0.3) is 0 Å². The van der Waals surface area contributed by atoms with E-state index in [1.54, 1.807) is 0 Å². The summed E-state index contributed by atoms with van der Waals surface area (Å²) in [7, 11) is 0. The first kappa shape index (κ1) is 19.1. The van der Waals surface area contributed by atoms with Crippen molar-refractivity contribution >= 4 is 17.9 Å². The van der Waals surface area contributed by atoms with E-state index in [0.29, 0.717) is 6.29 Å². The molecule has 2 rings (SSSR count). The number of ether oxygens (including phenoxy) is 1. The quantitative estimate of drug-likeness (QED) is 0.335. The van der Waals surface area contributed by atoms with E-state index in [4.69, 9.17) is 4.74 Å². The molecule has 1 amide bonds. The van der Waals surface area contributed by atoms with Crippen LogP contribution in [0.4, 0.5) is 5.69 Å². The van der Waals surface area contributed by atoms with Crippen LogP contribution in [0.2, 0.25) is 0 Å². The second-order valence-corrected chi connectivity index (χ2v) is 5.49. The molecule has 0 bridgehead atoms. The number of nitro benzene ring substituents is 1. The van der Waals surface area contributed by atoms with Crippen LogP contribution in [0.3, 0.4) is 0 Å². The summed E-state index contributed by atoms with van der Waals surface area (Å²) in [5.41, 5.74) is 0.184. The van der Waals surface area contributed by atoms with Gasteiger partial charge in [-0.15, -0.1) is 0 Å². The van der Waals surface area contributed by atoms with E-state index in [-0.39, 0.29) is 17.9 Å². The van der Waals surface area contributed by atoms with Crippen molar-refractivity contribution in [1.29, 1.82) is 0 Å². The molecule has 0 saturated heterocycles. The molecule has 0 aliphatic heterocycles. The van der Waals surface area contributed by atoms with Crippen molar-refractivity contribution in [3.8, 4) is 5.75 Å². The lowest BCUT2D eigenvalue weighted by molar-refractivity contribution is -0.385. The average Bonchev–Trinajstić information content (AvgIpc) is 2.64. The van der Waals surface area contributed by atoms with Crippen LogP contribution < -0.4 is 4.74 Å². The Bertz CT molecular complexity index is 792. The zero-order valence-corrected chi connectivity index (χ0v) is 14.1. The van der Waals surface area contributed by atoms with Gasteiger partial charge in [0.15, 0.2) is 12.9 Å². The van der Waals surface area contributed by atoms with Gasteiger partial charge in [-0.25, -0.2) is 0 Å². The minimum atomic E-state index is -1.05. The van der Waals surface area contributed by atoms with Crippen LogP contribution in [0.1, 0.15) is 22.8 Å². The van der Waals surface area contributed by atoms with Gasteiger partial charge in [0.2, 0.25) is 0 Å². The highest BCUT2D eigenvalue weighted by Crippen LogP contribution is 2.26. The van der Waals surface area contributed by atoms with E-state index < -0.39 is 29.4 Å². The molecule has 0 aromatic heterocycles. The van der Waals surface area contributed by atoms with E-state index in [9.17, 15) is 24.8 Å². The second kappa shape index (κ2) is 8.72. The third-order valence-electron chi connectivity index (χ3n) is 3.68. The summed E-state index contributed by atoms with van der Waals surface area (Å²) in [5.74, 6) is -0.583. The van der Waals surface area contributed by atoms with Crippen molar-refractivity contribution < 1.29 is 24.4 Å². The van der Waals surface area contributed by atoms with Crippen molar-refractivity contribution in [3.63, 3.8) is 0 Å². The molecule has 0 aliphatic rings. The van der Waals surface area contributed by atoms with Crippen molar-refractivity contribution in [1.82, 2.24) is 4.90 Å². The maximum Gasteiger partial charge on any atom is 0.283 e. The summed E-state index contributed by atoms with van der Waals surface area (Å²) in [5, 5.41) is 20.8. The van der Waals surface area contributed by atoms with Gasteiger partial charge in [0.25, 0.3) is 11.6 Å². The molecule has 136 valence electrons. The highest BCUT2D eigenvalue weighted by molar-refractivity contribution is 5.86. The number of aliphatic hydroxyl groups is 1. The largest absolute Gasteiger partial charge is 0.483 e. The van der Waals surface area contributed by atoms with Gasteiger partial charge in [-0.3, -0.25) is 19.7 Å². The fourth-order valence-electron chi connectivity index (χ4n) is 2.37. The minimum Gasteiger partial charge on any atom is -0.483 e. The number of carbonyl (C=O) groups is 2. The first-order valence-corrected chi connectivity index (χ1v) is 7.81. The highest BCUT2D eigenvalue weighted by Gasteiger charge is 2.22. The predicted octanol–water partition coefficient (Wildman–Crippen LogP) is 2.15. The van der Waals surface area contributed by atoms with Crippen LogP contribution >= 0.6 is 0 Å². The van der Waals surface area contributed by atoms with Crippen LogP contribution in [0.15, 0.2) is 48.5 Å². The number of aldehydes is 1. The van der Waals surface area contributed by atoms with Gasteiger partial charge < -0.3 is 14.7 Å². The molecule has 0 spiro atoms. The fourth-order valence-corrected chi connectivity index (χ4v) is 2.37. The number of nitro groups is 1. The van der Waals surface area contributed by atoms with Gasteiger partial charge in [-0.2, -0.15) is 0 Å². The molecule has 8 nitrogen and oxygen atoms in total. The summed E-state index contributed by atoms with van der Waals surface area (Å²) < 4.78 is 5.31. The van der Waals surface area contributed by atoms with Gasteiger partial charge in [0, 0.05) is 12.6 Å². The standard InChI is InChI=1S/C18H18N2O6/c1-13(22)19(10-14-6-3-2-4-7-14)18(23)12-26-17-9-5-8-16(20(24)25)15(17)11-21/h2-9,11,13,22H,10,12H2,1H3. The smallest absolute Gasteiger partial charge is 0.283 e. The Kier molecular flexibility index (Phi) is 6.40. The monoisotopic (exact) mass is 358 g/mol. The third-order valence-corrected chi connectivity index (χ3v) is 3.68. The predicted molar refractivity (Wildman–Crippen MR) is 92.7 cm³/mol. The average molecular weight is 358 g/mol. The van der Waals surface area contributed by atoms with Crippen LogP contribution in [-0.4, -0.2) is 40.0 Å². The topological polar surface area (TPSA) is 110 Å². The summed E-state index contributed by atoms with van der Waals surface area (Å²) in [4.78, 5) is 35.0. The van der Waals surface area contributed by atoms with Crippen LogP contribution in [-0.2, 0) is 11.3 Å². The van der Waals surface area contributed by atoms with Crippen molar-refractivity contribution in [3.05, 3.63) is 69.8 Å². The molecule has 0 radical (unpaired) electrons. The Morgan fingerprint density at radius 3 is 2.54 bits per heavy atom. The lowest BCUT2D eigenvalue weighted by Crippen LogP contribution is -2.40. The number of hydrogen-bond acceptors (Lipinski definition) is 6. The lowest BCUT2D eigenvalue weighted by Gasteiger charge is -2.25. The Morgan fingerprint density at radius 2 is 1.96 bits per heavy atom. The minimum absolute atomic E-state index is 0.0622. The van der Waals surface area contributed by atoms with E-state index >= 15 is 0 Å². The summed E-state index contributed by atoms with van der Waals surface area (Å²) in [6.45, 7) is 1.15. The number of benzene rings is 2. The molecule has 2 aromatic rings. The van der Waals surface area contributed by atoms with E-state index in [1.807, 2.05) is 30.3 Å². The molecule has 1 N–H and O–H groups in total. The van der Waals surface area contributed by atoms with Gasteiger partial charge in [-0.1, -0.05) is 36.4 Å². The Morgan fingerprint density at radius 1 is 1.27 bits per heavy atom.